The van der Waals surface area contributed by atoms with E-state index < -0.39 is 0 Å². The molecule has 1 unspecified atom stereocenters. The number of fused-ring (bicyclic) bond motifs is 1. The number of hydrogen-bond donors (Lipinski definition) is 3. The predicted molar refractivity (Wildman–Crippen MR) is 93.1 cm³/mol. The third kappa shape index (κ3) is 3.50. The van der Waals surface area contributed by atoms with Crippen LogP contribution in [0.5, 0.6) is 0 Å². The van der Waals surface area contributed by atoms with Crippen LogP contribution in [0.3, 0.4) is 0 Å². The maximum absolute atomic E-state index is 12.3. The Labute approximate surface area is 142 Å². The van der Waals surface area contributed by atoms with Crippen LogP contribution in [-0.2, 0) is 0 Å². The van der Waals surface area contributed by atoms with Gasteiger partial charge < -0.3 is 15.7 Å². The number of thiophene rings is 1. The number of pyridine rings is 1. The van der Waals surface area contributed by atoms with E-state index in [9.17, 15) is 4.79 Å². The van der Waals surface area contributed by atoms with Gasteiger partial charge in [-0.05, 0) is 30.5 Å². The van der Waals surface area contributed by atoms with Crippen LogP contribution in [0.1, 0.15) is 29.1 Å². The van der Waals surface area contributed by atoms with Gasteiger partial charge in [0, 0.05) is 12.7 Å². The average molecular weight is 343 g/mol. The Morgan fingerprint density at radius 1 is 1.33 bits per heavy atom. The third-order valence-electron chi connectivity index (χ3n) is 3.39. The van der Waals surface area contributed by atoms with Crippen LogP contribution in [0, 0.1) is 0 Å². The summed E-state index contributed by atoms with van der Waals surface area (Å²) >= 11 is 1.41. The van der Waals surface area contributed by atoms with Gasteiger partial charge in [-0.3, -0.25) is 9.78 Å². The minimum atomic E-state index is -0.326. The topological polar surface area (TPSA) is 100 Å². The molecule has 3 aromatic rings. The Morgan fingerprint density at radius 3 is 2.96 bits per heavy atom. The minimum Gasteiger partial charge on any atom is -0.395 e. The van der Waals surface area contributed by atoms with Crippen molar-refractivity contribution in [1.82, 2.24) is 20.3 Å². The second-order valence-electron chi connectivity index (χ2n) is 5.13. The van der Waals surface area contributed by atoms with Crippen molar-refractivity contribution >= 4 is 33.4 Å². The van der Waals surface area contributed by atoms with E-state index in [1.807, 2.05) is 36.6 Å². The van der Waals surface area contributed by atoms with Gasteiger partial charge in [0.1, 0.15) is 0 Å². The molecule has 0 fully saturated rings. The van der Waals surface area contributed by atoms with E-state index in [1.165, 1.54) is 11.3 Å². The molecular weight excluding hydrogens is 326 g/mol. The number of nitrogens with one attached hydrogen (secondary N) is 2. The van der Waals surface area contributed by atoms with Crippen molar-refractivity contribution in [2.45, 2.75) is 13.0 Å². The monoisotopic (exact) mass is 343 g/mol. The summed E-state index contributed by atoms with van der Waals surface area (Å²) in [6, 6.07) is 7.43. The Morgan fingerprint density at radius 2 is 2.21 bits per heavy atom. The number of carbonyl (C=O) groups is 1. The molecule has 0 aliphatic rings. The van der Waals surface area contributed by atoms with Gasteiger partial charge >= 0.3 is 0 Å². The number of aromatic nitrogens is 3. The maximum Gasteiger partial charge on any atom is 0.271 e. The van der Waals surface area contributed by atoms with Crippen molar-refractivity contribution in [2.24, 2.45) is 0 Å². The van der Waals surface area contributed by atoms with Crippen LogP contribution in [0.15, 0.2) is 35.8 Å². The molecule has 3 rings (SSSR count). The number of hydrogen-bond acceptors (Lipinski definition) is 7. The lowest BCUT2D eigenvalue weighted by Crippen LogP contribution is -2.27. The molecule has 1 amide bonds. The number of rotatable bonds is 6. The Balaban J connectivity index is 1.90. The zero-order valence-corrected chi connectivity index (χ0v) is 13.9. The largest absolute Gasteiger partial charge is 0.395 e. The highest BCUT2D eigenvalue weighted by Gasteiger charge is 2.17. The van der Waals surface area contributed by atoms with E-state index in [0.717, 1.165) is 10.4 Å². The number of carbonyl (C=O) groups excluding carboxylic acids is 1. The van der Waals surface area contributed by atoms with Crippen LogP contribution in [-0.4, -0.2) is 39.1 Å². The number of amides is 1. The first-order valence-electron chi connectivity index (χ1n) is 7.51. The highest BCUT2D eigenvalue weighted by atomic mass is 32.1. The summed E-state index contributed by atoms with van der Waals surface area (Å²) < 4.78 is 0.724. The quantitative estimate of drug-likeness (QED) is 0.633. The van der Waals surface area contributed by atoms with Crippen molar-refractivity contribution < 1.29 is 9.90 Å². The summed E-state index contributed by atoms with van der Waals surface area (Å²) in [5.41, 5.74) is 1.87. The molecular formula is C16H17N5O2S. The fourth-order valence-corrected chi connectivity index (χ4v) is 3.05. The Hall–Kier alpha value is -2.58. The molecule has 0 saturated heterocycles. The molecule has 1 atom stereocenters. The van der Waals surface area contributed by atoms with Crippen molar-refractivity contribution in [1.29, 1.82) is 0 Å². The van der Waals surface area contributed by atoms with Gasteiger partial charge in [-0.1, -0.05) is 6.07 Å². The second kappa shape index (κ2) is 7.33. The van der Waals surface area contributed by atoms with Crippen LogP contribution >= 0.6 is 11.3 Å². The third-order valence-corrected chi connectivity index (χ3v) is 4.30. The summed E-state index contributed by atoms with van der Waals surface area (Å²) in [5, 5.41) is 16.6. The smallest absolute Gasteiger partial charge is 0.271 e. The molecule has 3 aromatic heterocycles. The zero-order valence-electron chi connectivity index (χ0n) is 13.1. The SMILES string of the molecule is CC(Nc1nc(C(=O)NCCO)c2sccc2n1)c1ccccn1. The summed E-state index contributed by atoms with van der Waals surface area (Å²) in [7, 11) is 0. The molecule has 8 heteroatoms. The molecule has 124 valence electrons. The fourth-order valence-electron chi connectivity index (χ4n) is 2.23. The molecule has 3 heterocycles. The number of aliphatic hydroxyl groups excluding tert-OH is 1. The highest BCUT2D eigenvalue weighted by molar-refractivity contribution is 7.17. The lowest BCUT2D eigenvalue weighted by molar-refractivity contribution is 0.0942. The molecule has 0 radical (unpaired) electrons. The van der Waals surface area contributed by atoms with Gasteiger partial charge in [0.2, 0.25) is 5.95 Å². The van der Waals surface area contributed by atoms with Gasteiger partial charge in [-0.25, -0.2) is 9.97 Å². The average Bonchev–Trinajstić information content (AvgIpc) is 3.08. The van der Waals surface area contributed by atoms with Crippen LogP contribution in [0.4, 0.5) is 5.95 Å². The van der Waals surface area contributed by atoms with E-state index >= 15 is 0 Å². The maximum atomic E-state index is 12.3. The highest BCUT2D eigenvalue weighted by Crippen LogP contribution is 2.25. The van der Waals surface area contributed by atoms with E-state index in [-0.39, 0.29) is 25.1 Å². The summed E-state index contributed by atoms with van der Waals surface area (Å²) in [6.45, 7) is 2.02. The van der Waals surface area contributed by atoms with Gasteiger partial charge in [0.15, 0.2) is 5.69 Å². The zero-order chi connectivity index (χ0) is 16.9. The lowest BCUT2D eigenvalue weighted by atomic mass is 10.2. The molecule has 7 nitrogen and oxygen atoms in total. The molecule has 0 aliphatic heterocycles. The van der Waals surface area contributed by atoms with Crippen molar-refractivity contribution in [3.8, 4) is 0 Å². The van der Waals surface area contributed by atoms with E-state index in [4.69, 9.17) is 5.11 Å². The van der Waals surface area contributed by atoms with Crippen molar-refractivity contribution in [2.75, 3.05) is 18.5 Å². The first-order chi connectivity index (χ1) is 11.7. The van der Waals surface area contributed by atoms with Crippen LogP contribution in [0.2, 0.25) is 0 Å². The Bertz CT molecular complexity index is 837. The number of anilines is 1. The first kappa shape index (κ1) is 16.3. The standard InChI is InChI=1S/C16H17N5O2S/c1-10(11-4-2-3-6-17-11)19-16-20-12-5-9-24-14(12)13(21-16)15(23)18-7-8-22/h2-6,9-10,22H,7-8H2,1H3,(H,18,23)(H,19,20,21). The first-order valence-corrected chi connectivity index (χ1v) is 8.39. The molecule has 0 aliphatic carbocycles. The predicted octanol–water partition coefficient (Wildman–Crippen LogP) is 1.98. The molecule has 24 heavy (non-hydrogen) atoms. The summed E-state index contributed by atoms with van der Waals surface area (Å²) in [5.74, 6) is 0.0423. The minimum absolute atomic E-state index is 0.101. The van der Waals surface area contributed by atoms with Gasteiger partial charge in [-0.2, -0.15) is 0 Å². The van der Waals surface area contributed by atoms with E-state index in [0.29, 0.717) is 17.2 Å². The van der Waals surface area contributed by atoms with E-state index in [1.54, 1.807) is 6.20 Å². The summed E-state index contributed by atoms with van der Waals surface area (Å²) in [6.07, 6.45) is 1.73. The van der Waals surface area contributed by atoms with E-state index in [2.05, 4.69) is 25.6 Å². The molecule has 0 saturated carbocycles. The van der Waals surface area contributed by atoms with Crippen molar-refractivity contribution in [3.63, 3.8) is 0 Å². The van der Waals surface area contributed by atoms with Gasteiger partial charge in [0.25, 0.3) is 5.91 Å². The fraction of sp³-hybridized carbons (Fsp3) is 0.250. The number of aliphatic hydroxyl groups is 1. The Kier molecular flexibility index (Phi) is 4.97. The molecule has 0 bridgehead atoms. The normalized spacial score (nSPS) is 12.1. The second-order valence-corrected chi connectivity index (χ2v) is 6.05. The lowest BCUT2D eigenvalue weighted by Gasteiger charge is -2.14. The van der Waals surface area contributed by atoms with Crippen LogP contribution in [0.25, 0.3) is 10.2 Å². The summed E-state index contributed by atoms with van der Waals surface area (Å²) in [4.78, 5) is 25.4. The van der Waals surface area contributed by atoms with Gasteiger partial charge in [-0.15, -0.1) is 11.3 Å². The van der Waals surface area contributed by atoms with Crippen molar-refractivity contribution in [3.05, 3.63) is 47.2 Å². The molecule has 3 N–H and O–H groups in total. The molecule has 0 aromatic carbocycles. The number of nitrogens with zero attached hydrogens (tertiary/aromatic N) is 3. The van der Waals surface area contributed by atoms with Gasteiger partial charge in [0.05, 0.1) is 28.6 Å². The van der Waals surface area contributed by atoms with Crippen LogP contribution < -0.4 is 10.6 Å². The molecule has 0 spiro atoms.